The summed E-state index contributed by atoms with van der Waals surface area (Å²) in [5, 5.41) is 5.14. The maximum atomic E-state index is 11.1. The number of rotatable bonds is 5. The van der Waals surface area contributed by atoms with Crippen LogP contribution < -0.4 is 10.6 Å². The van der Waals surface area contributed by atoms with Gasteiger partial charge in [-0.3, -0.25) is 4.79 Å². The van der Waals surface area contributed by atoms with Gasteiger partial charge in [-0.2, -0.15) is 0 Å². The molecule has 0 aromatic carbocycles. The van der Waals surface area contributed by atoms with Crippen molar-refractivity contribution in [1.29, 1.82) is 0 Å². The maximum Gasteiger partial charge on any atom is 0.315 e. The van der Waals surface area contributed by atoms with Gasteiger partial charge >= 0.3 is 6.03 Å². The second kappa shape index (κ2) is 7.17. The number of nitrogens with zero attached hydrogens (tertiary/aromatic N) is 1. The van der Waals surface area contributed by atoms with Gasteiger partial charge in [0.25, 0.3) is 0 Å². The largest absolute Gasteiger partial charge is 0.347 e. The van der Waals surface area contributed by atoms with Crippen LogP contribution >= 0.6 is 0 Å². The first-order valence-electron chi connectivity index (χ1n) is 4.79. The van der Waals surface area contributed by atoms with Gasteiger partial charge in [-0.15, -0.1) is 0 Å². The molecule has 0 unspecified atom stereocenters. The minimum atomic E-state index is -0.284. The van der Waals surface area contributed by atoms with Crippen LogP contribution in [0.4, 0.5) is 4.79 Å². The predicted molar refractivity (Wildman–Crippen MR) is 55.0 cm³/mol. The zero-order valence-corrected chi connectivity index (χ0v) is 9.09. The average molecular weight is 201 g/mol. The average Bonchev–Trinajstić information content (AvgIpc) is 2.14. The van der Waals surface area contributed by atoms with Crippen molar-refractivity contribution >= 4 is 11.9 Å². The Labute approximate surface area is 84.8 Å². The van der Waals surface area contributed by atoms with Crippen molar-refractivity contribution in [3.8, 4) is 0 Å². The van der Waals surface area contributed by atoms with E-state index in [1.807, 2.05) is 0 Å². The van der Waals surface area contributed by atoms with Crippen molar-refractivity contribution in [3.63, 3.8) is 0 Å². The molecule has 0 bridgehead atoms. The lowest BCUT2D eigenvalue weighted by Crippen LogP contribution is -2.41. The van der Waals surface area contributed by atoms with E-state index in [0.717, 1.165) is 12.8 Å². The second-order valence-electron chi connectivity index (χ2n) is 3.25. The Bertz CT molecular complexity index is 192. The number of likely N-dealkylation sites (N-methyl/N-ethyl adjacent to an activating group) is 1. The number of urea groups is 1. The molecule has 0 rings (SSSR count). The number of unbranched alkanes of at least 4 members (excludes halogenated alkanes) is 1. The van der Waals surface area contributed by atoms with Gasteiger partial charge in [0.1, 0.15) is 0 Å². The first kappa shape index (κ1) is 12.7. The van der Waals surface area contributed by atoms with Gasteiger partial charge in [-0.1, -0.05) is 13.3 Å². The molecule has 0 saturated heterocycles. The zero-order valence-electron chi connectivity index (χ0n) is 9.09. The number of nitrogens with one attached hydrogen (secondary N) is 2. The Morgan fingerprint density at radius 1 is 1.21 bits per heavy atom. The van der Waals surface area contributed by atoms with E-state index in [1.54, 1.807) is 14.1 Å². The normalized spacial score (nSPS) is 9.36. The molecule has 2 N–H and O–H groups in total. The minimum Gasteiger partial charge on any atom is -0.347 e. The lowest BCUT2D eigenvalue weighted by molar-refractivity contribution is -0.127. The summed E-state index contributed by atoms with van der Waals surface area (Å²) >= 11 is 0. The Morgan fingerprint density at radius 2 is 1.86 bits per heavy atom. The summed E-state index contributed by atoms with van der Waals surface area (Å²) in [5.74, 6) is -0.115. The van der Waals surface area contributed by atoms with E-state index >= 15 is 0 Å². The molecule has 0 aliphatic carbocycles. The highest BCUT2D eigenvalue weighted by Gasteiger charge is 2.05. The van der Waals surface area contributed by atoms with Gasteiger partial charge in [-0.05, 0) is 6.42 Å². The van der Waals surface area contributed by atoms with Crippen molar-refractivity contribution in [3.05, 3.63) is 0 Å². The smallest absolute Gasteiger partial charge is 0.315 e. The summed E-state index contributed by atoms with van der Waals surface area (Å²) in [6.07, 6.45) is 1.99. The third-order valence-corrected chi connectivity index (χ3v) is 1.71. The fourth-order valence-electron chi connectivity index (χ4n) is 0.755. The van der Waals surface area contributed by atoms with E-state index < -0.39 is 0 Å². The first-order chi connectivity index (χ1) is 6.57. The van der Waals surface area contributed by atoms with Crippen LogP contribution in [0.25, 0.3) is 0 Å². The number of carbonyl (C=O) groups is 2. The molecule has 0 aliphatic heterocycles. The molecule has 0 aromatic rings. The second-order valence-corrected chi connectivity index (χ2v) is 3.25. The van der Waals surface area contributed by atoms with Crippen molar-refractivity contribution in [2.24, 2.45) is 0 Å². The molecular weight excluding hydrogens is 182 g/mol. The van der Waals surface area contributed by atoms with Gasteiger partial charge in [-0.25, -0.2) is 4.79 Å². The Balaban J connectivity index is 3.49. The van der Waals surface area contributed by atoms with E-state index in [4.69, 9.17) is 0 Å². The zero-order chi connectivity index (χ0) is 11.0. The monoisotopic (exact) mass is 201 g/mol. The molecule has 5 heteroatoms. The molecule has 0 spiro atoms. The molecule has 3 amide bonds. The van der Waals surface area contributed by atoms with Crippen molar-refractivity contribution in [1.82, 2.24) is 15.5 Å². The Hall–Kier alpha value is -1.26. The van der Waals surface area contributed by atoms with Crippen LogP contribution in [0.3, 0.4) is 0 Å². The Kier molecular flexibility index (Phi) is 6.53. The molecule has 14 heavy (non-hydrogen) atoms. The molecular formula is C9H19N3O2. The predicted octanol–water partition coefficient (Wildman–Crippen LogP) is 0.174. The van der Waals surface area contributed by atoms with E-state index in [0.29, 0.717) is 6.54 Å². The van der Waals surface area contributed by atoms with Gasteiger partial charge in [0.2, 0.25) is 5.91 Å². The maximum absolute atomic E-state index is 11.1. The van der Waals surface area contributed by atoms with E-state index in [2.05, 4.69) is 17.6 Å². The van der Waals surface area contributed by atoms with E-state index in [9.17, 15) is 9.59 Å². The van der Waals surface area contributed by atoms with Crippen LogP contribution in [-0.2, 0) is 4.79 Å². The molecule has 0 saturated carbocycles. The molecule has 0 heterocycles. The molecule has 5 nitrogen and oxygen atoms in total. The van der Waals surface area contributed by atoms with Gasteiger partial charge in [0.05, 0.1) is 6.54 Å². The third kappa shape index (κ3) is 6.28. The lowest BCUT2D eigenvalue weighted by Gasteiger charge is -2.11. The van der Waals surface area contributed by atoms with Crippen LogP contribution in [0.5, 0.6) is 0 Å². The minimum absolute atomic E-state index is 0.0466. The molecule has 0 radical (unpaired) electrons. The van der Waals surface area contributed by atoms with Gasteiger partial charge < -0.3 is 15.5 Å². The highest BCUT2D eigenvalue weighted by molar-refractivity contribution is 5.83. The van der Waals surface area contributed by atoms with Crippen LogP contribution in [0.1, 0.15) is 19.8 Å². The van der Waals surface area contributed by atoms with Crippen LogP contribution in [0.2, 0.25) is 0 Å². The Morgan fingerprint density at radius 3 is 2.36 bits per heavy atom. The van der Waals surface area contributed by atoms with E-state index in [-0.39, 0.29) is 18.5 Å². The quantitative estimate of drug-likeness (QED) is 0.623. The summed E-state index contributed by atoms with van der Waals surface area (Å²) in [7, 11) is 3.30. The topological polar surface area (TPSA) is 61.4 Å². The SMILES string of the molecule is CCCCNC(=O)NCC(=O)N(C)C. The summed E-state index contributed by atoms with van der Waals surface area (Å²) in [6, 6.07) is -0.284. The molecule has 0 atom stereocenters. The molecule has 0 aromatic heterocycles. The number of carbonyl (C=O) groups excluding carboxylic acids is 2. The molecule has 0 fully saturated rings. The van der Waals surface area contributed by atoms with Gasteiger partial charge in [0, 0.05) is 20.6 Å². The highest BCUT2D eigenvalue weighted by atomic mass is 16.2. The fraction of sp³-hybridized carbons (Fsp3) is 0.778. The number of amides is 3. The third-order valence-electron chi connectivity index (χ3n) is 1.71. The van der Waals surface area contributed by atoms with Crippen LogP contribution in [-0.4, -0.2) is 44.0 Å². The summed E-state index contributed by atoms with van der Waals surface area (Å²) in [5.41, 5.74) is 0. The number of hydrogen-bond donors (Lipinski definition) is 2. The highest BCUT2D eigenvalue weighted by Crippen LogP contribution is 1.82. The molecule has 82 valence electrons. The molecule has 0 aliphatic rings. The van der Waals surface area contributed by atoms with Crippen molar-refractivity contribution < 1.29 is 9.59 Å². The van der Waals surface area contributed by atoms with Crippen molar-refractivity contribution in [2.75, 3.05) is 27.2 Å². The fourth-order valence-corrected chi connectivity index (χ4v) is 0.755. The summed E-state index contributed by atoms with van der Waals surface area (Å²) in [6.45, 7) is 2.75. The van der Waals surface area contributed by atoms with Crippen LogP contribution in [0.15, 0.2) is 0 Å². The summed E-state index contributed by atoms with van der Waals surface area (Å²) < 4.78 is 0. The van der Waals surface area contributed by atoms with Crippen LogP contribution in [0, 0.1) is 0 Å². The van der Waals surface area contributed by atoms with E-state index in [1.165, 1.54) is 4.90 Å². The van der Waals surface area contributed by atoms with Crippen molar-refractivity contribution in [2.45, 2.75) is 19.8 Å². The van der Waals surface area contributed by atoms with Gasteiger partial charge in [0.15, 0.2) is 0 Å². The number of hydrogen-bond acceptors (Lipinski definition) is 2. The lowest BCUT2D eigenvalue weighted by atomic mass is 10.3. The standard InChI is InChI=1S/C9H19N3O2/c1-4-5-6-10-9(14)11-7-8(13)12(2)3/h4-7H2,1-3H3,(H2,10,11,14). The first-order valence-corrected chi connectivity index (χ1v) is 4.79. The summed E-state index contributed by atoms with van der Waals surface area (Å²) in [4.78, 5) is 23.5.